The lowest BCUT2D eigenvalue weighted by molar-refractivity contribution is -0.138. The van der Waals surface area contributed by atoms with Crippen LogP contribution in [0.3, 0.4) is 0 Å². The predicted molar refractivity (Wildman–Crippen MR) is 78.0 cm³/mol. The zero-order valence-corrected chi connectivity index (χ0v) is 12.0. The molecule has 0 amide bonds. The number of hydrogen-bond acceptors (Lipinski definition) is 3. The minimum Gasteiger partial charge on any atom is -0.494 e. The Hall–Kier alpha value is -1.55. The topological polar surface area (TPSA) is 49.8 Å². The van der Waals surface area contributed by atoms with Crippen LogP contribution in [0.2, 0.25) is 0 Å². The first-order chi connectivity index (χ1) is 9.70. The lowest BCUT2D eigenvalue weighted by Gasteiger charge is -2.27. The molecule has 0 aromatic heterocycles. The van der Waals surface area contributed by atoms with E-state index in [9.17, 15) is 4.79 Å². The molecule has 1 saturated heterocycles. The van der Waals surface area contributed by atoms with E-state index in [1.165, 1.54) is 0 Å². The number of aliphatic carboxylic acids is 1. The summed E-state index contributed by atoms with van der Waals surface area (Å²) in [7, 11) is 0. The fourth-order valence-electron chi connectivity index (χ4n) is 2.71. The van der Waals surface area contributed by atoms with Gasteiger partial charge in [-0.1, -0.05) is 19.1 Å². The third-order valence-electron chi connectivity index (χ3n) is 3.67. The molecule has 0 spiro atoms. The number of nitrogens with zero attached hydrogens (tertiary/aromatic N) is 1. The lowest BCUT2D eigenvalue weighted by atomic mass is 10.0. The average molecular weight is 277 g/mol. The Balaban J connectivity index is 2.16. The zero-order valence-electron chi connectivity index (χ0n) is 12.0. The Bertz CT molecular complexity index is 441. The van der Waals surface area contributed by atoms with Gasteiger partial charge in [-0.3, -0.25) is 9.69 Å². The normalized spacial score (nSPS) is 17.1. The molecule has 1 aliphatic rings. The Morgan fingerprint density at radius 2 is 2.15 bits per heavy atom. The molecule has 1 aliphatic heterocycles. The third kappa shape index (κ3) is 3.97. The summed E-state index contributed by atoms with van der Waals surface area (Å²) in [5.41, 5.74) is 1.04. The number of benzene rings is 1. The van der Waals surface area contributed by atoms with Gasteiger partial charge in [0, 0.05) is 6.04 Å². The van der Waals surface area contributed by atoms with Crippen LogP contribution in [0.4, 0.5) is 0 Å². The molecule has 1 fully saturated rings. The highest BCUT2D eigenvalue weighted by molar-refractivity contribution is 5.68. The monoisotopic (exact) mass is 277 g/mol. The molecule has 1 aromatic rings. The van der Waals surface area contributed by atoms with Gasteiger partial charge in [0.25, 0.3) is 0 Å². The summed E-state index contributed by atoms with van der Waals surface area (Å²) in [6.07, 6.45) is 3.43. The van der Waals surface area contributed by atoms with E-state index in [1.54, 1.807) is 0 Å². The maximum atomic E-state index is 11.1. The van der Waals surface area contributed by atoms with Crippen LogP contribution < -0.4 is 4.74 Å². The van der Waals surface area contributed by atoms with Gasteiger partial charge in [-0.05, 0) is 50.0 Å². The highest BCUT2D eigenvalue weighted by Crippen LogP contribution is 2.30. The molecule has 1 unspecified atom stereocenters. The summed E-state index contributed by atoms with van der Waals surface area (Å²) in [4.78, 5) is 13.4. The van der Waals surface area contributed by atoms with E-state index in [0.29, 0.717) is 6.61 Å². The first kappa shape index (κ1) is 14.9. The molecule has 4 heteroatoms. The average Bonchev–Trinajstić information content (AvgIpc) is 2.96. The van der Waals surface area contributed by atoms with Crippen LogP contribution in [0, 0.1) is 0 Å². The fraction of sp³-hybridized carbons (Fsp3) is 0.562. The predicted octanol–water partition coefficient (Wildman–Crippen LogP) is 3.09. The fourth-order valence-corrected chi connectivity index (χ4v) is 2.71. The minimum atomic E-state index is -0.748. The Labute approximate surface area is 120 Å². The third-order valence-corrected chi connectivity index (χ3v) is 3.67. The van der Waals surface area contributed by atoms with E-state index >= 15 is 0 Å². The van der Waals surface area contributed by atoms with Gasteiger partial charge in [0.15, 0.2) is 0 Å². The van der Waals surface area contributed by atoms with Gasteiger partial charge < -0.3 is 9.84 Å². The summed E-state index contributed by atoms with van der Waals surface area (Å²) >= 11 is 0. The molecular weight excluding hydrogens is 254 g/mol. The number of ether oxygens (including phenoxy) is 1. The number of carboxylic acid groups (broad SMARTS) is 1. The lowest BCUT2D eigenvalue weighted by Crippen LogP contribution is -2.27. The van der Waals surface area contributed by atoms with Crippen molar-refractivity contribution in [3.8, 4) is 5.75 Å². The van der Waals surface area contributed by atoms with Gasteiger partial charge in [-0.2, -0.15) is 0 Å². The van der Waals surface area contributed by atoms with Gasteiger partial charge >= 0.3 is 5.97 Å². The first-order valence-corrected chi connectivity index (χ1v) is 7.39. The van der Waals surface area contributed by atoms with Crippen molar-refractivity contribution in [1.82, 2.24) is 4.90 Å². The molecule has 110 valence electrons. The Morgan fingerprint density at radius 1 is 1.40 bits per heavy atom. The van der Waals surface area contributed by atoms with Crippen molar-refractivity contribution < 1.29 is 14.6 Å². The second-order valence-electron chi connectivity index (χ2n) is 5.28. The molecule has 4 nitrogen and oxygen atoms in total. The smallest absolute Gasteiger partial charge is 0.305 e. The summed E-state index contributed by atoms with van der Waals surface area (Å²) in [5.74, 6) is 0.0840. The van der Waals surface area contributed by atoms with Crippen LogP contribution in [-0.2, 0) is 4.79 Å². The number of carbonyl (C=O) groups is 1. The van der Waals surface area contributed by atoms with Crippen molar-refractivity contribution in [1.29, 1.82) is 0 Å². The van der Waals surface area contributed by atoms with E-state index in [2.05, 4.69) is 11.8 Å². The molecule has 0 bridgehead atoms. The van der Waals surface area contributed by atoms with Crippen LogP contribution in [0.5, 0.6) is 5.75 Å². The Kier molecular flexibility index (Phi) is 5.41. The molecule has 2 rings (SSSR count). The number of rotatable bonds is 7. The molecular formula is C16H23NO3. The SMILES string of the molecule is CCCOc1cccc(C(CC(=O)O)N2CCCC2)c1. The number of carboxylic acids is 1. The van der Waals surface area contributed by atoms with Gasteiger partial charge in [0.05, 0.1) is 13.0 Å². The maximum Gasteiger partial charge on any atom is 0.305 e. The van der Waals surface area contributed by atoms with Crippen LogP contribution in [0.25, 0.3) is 0 Å². The van der Waals surface area contributed by atoms with Crippen molar-refractivity contribution in [3.63, 3.8) is 0 Å². The second kappa shape index (κ2) is 7.29. The largest absolute Gasteiger partial charge is 0.494 e. The molecule has 20 heavy (non-hydrogen) atoms. The van der Waals surface area contributed by atoms with Crippen molar-refractivity contribution in [2.45, 2.75) is 38.6 Å². The minimum absolute atomic E-state index is 0.0415. The number of hydrogen-bond donors (Lipinski definition) is 1. The summed E-state index contributed by atoms with van der Waals surface area (Å²) in [5, 5.41) is 9.16. The Morgan fingerprint density at radius 3 is 2.80 bits per heavy atom. The van der Waals surface area contributed by atoms with Crippen molar-refractivity contribution in [3.05, 3.63) is 29.8 Å². The maximum absolute atomic E-state index is 11.1. The van der Waals surface area contributed by atoms with Gasteiger partial charge in [0.2, 0.25) is 0 Å². The molecule has 0 aliphatic carbocycles. The highest BCUT2D eigenvalue weighted by Gasteiger charge is 2.25. The van der Waals surface area contributed by atoms with Crippen molar-refractivity contribution in [2.75, 3.05) is 19.7 Å². The van der Waals surface area contributed by atoms with Crippen molar-refractivity contribution >= 4 is 5.97 Å². The summed E-state index contributed by atoms with van der Waals surface area (Å²) in [6, 6.07) is 7.83. The molecule has 1 heterocycles. The molecule has 0 radical (unpaired) electrons. The van der Waals surface area contributed by atoms with Gasteiger partial charge in [-0.15, -0.1) is 0 Å². The van der Waals surface area contributed by atoms with Crippen LogP contribution >= 0.6 is 0 Å². The molecule has 1 atom stereocenters. The van der Waals surface area contributed by atoms with E-state index in [4.69, 9.17) is 9.84 Å². The van der Waals surface area contributed by atoms with Crippen LogP contribution in [0.1, 0.15) is 44.2 Å². The number of likely N-dealkylation sites (tertiary alicyclic amines) is 1. The zero-order chi connectivity index (χ0) is 14.4. The van der Waals surface area contributed by atoms with Crippen LogP contribution in [0.15, 0.2) is 24.3 Å². The molecule has 0 saturated carbocycles. The van der Waals surface area contributed by atoms with E-state index < -0.39 is 5.97 Å². The van der Waals surface area contributed by atoms with Gasteiger partial charge in [0.1, 0.15) is 5.75 Å². The highest BCUT2D eigenvalue weighted by atomic mass is 16.5. The second-order valence-corrected chi connectivity index (χ2v) is 5.28. The summed E-state index contributed by atoms with van der Waals surface area (Å²) < 4.78 is 5.65. The van der Waals surface area contributed by atoms with Crippen LogP contribution in [-0.4, -0.2) is 35.7 Å². The van der Waals surface area contributed by atoms with E-state index in [1.807, 2.05) is 24.3 Å². The quantitative estimate of drug-likeness (QED) is 0.832. The summed E-state index contributed by atoms with van der Waals surface area (Å²) in [6.45, 7) is 4.73. The standard InChI is InChI=1S/C16H23NO3/c1-2-10-20-14-7-5-6-13(11-14)15(12-16(18)19)17-8-3-4-9-17/h5-7,11,15H,2-4,8-10,12H2,1H3,(H,18,19). The van der Waals surface area contributed by atoms with Gasteiger partial charge in [-0.25, -0.2) is 0 Å². The first-order valence-electron chi connectivity index (χ1n) is 7.39. The molecule has 1 aromatic carbocycles. The van der Waals surface area contributed by atoms with Crippen molar-refractivity contribution in [2.24, 2.45) is 0 Å². The van der Waals surface area contributed by atoms with E-state index in [0.717, 1.165) is 43.7 Å². The molecule has 1 N–H and O–H groups in total. The van der Waals surface area contributed by atoms with E-state index in [-0.39, 0.29) is 12.5 Å².